The lowest BCUT2D eigenvalue weighted by molar-refractivity contribution is -0.249. The zero-order valence-corrected chi connectivity index (χ0v) is 42.7. The highest BCUT2D eigenvalue weighted by molar-refractivity contribution is 5.86. The summed E-state index contributed by atoms with van der Waals surface area (Å²) in [6, 6.07) is -0.923. The van der Waals surface area contributed by atoms with Crippen LogP contribution < -0.4 is 21.7 Å². The molecule has 0 radical (unpaired) electrons. The summed E-state index contributed by atoms with van der Waals surface area (Å²) in [6.45, 7) is 28.4. The first-order valence-corrected chi connectivity index (χ1v) is 25.5. The van der Waals surface area contributed by atoms with Crippen molar-refractivity contribution < 1.29 is 43.3 Å². The molecule has 0 saturated heterocycles. The van der Waals surface area contributed by atoms with Gasteiger partial charge in [-0.3, -0.25) is 24.0 Å². The smallest absolute Gasteiger partial charge is 0.408 e. The molecule has 0 unspecified atom stereocenters. The Bertz CT molecular complexity index is 1840. The summed E-state index contributed by atoms with van der Waals surface area (Å²) in [5.41, 5.74) is 4.23. The standard InChI is InChI=1S/C53H88N4O9/c1-33(2)34-22-27-53(44(61)56-31-17-15-13-14-16-30-55-43(60)36(19-21-40(54)58)57-46(64)66-47(3,4)5)29-28-51(11)35(42(34)53)18-20-38-50(10)25-24-39(65-41(59)32-48(6,7)45(62)63)49(8,9)37(50)23-26-52(38,51)12/h34-39,42H,1,13-32H2,2-12H3,(H2,54,58)(H,55,60)(H,56,61)(H,57,64)(H,62,63)/t34-,35+,36-,37-,38+,39-,42+,50-,51+,52+,53-/m0/s1. The number of hydrogen-bond acceptors (Lipinski definition) is 8. The predicted octanol–water partition coefficient (Wildman–Crippen LogP) is 9.40. The van der Waals surface area contributed by atoms with E-state index < -0.39 is 41.0 Å². The van der Waals surface area contributed by atoms with Crippen molar-refractivity contribution in [3.63, 3.8) is 0 Å². The van der Waals surface area contributed by atoms with Crippen LogP contribution in [0.15, 0.2) is 12.2 Å². The molecule has 374 valence electrons. The number of unbranched alkanes of at least 4 members (excludes halogenated alkanes) is 4. The van der Waals surface area contributed by atoms with Gasteiger partial charge in [0.15, 0.2) is 0 Å². The predicted molar refractivity (Wildman–Crippen MR) is 256 cm³/mol. The second-order valence-electron chi connectivity index (χ2n) is 24.6. The monoisotopic (exact) mass is 925 g/mol. The summed E-state index contributed by atoms with van der Waals surface area (Å²) in [5, 5.41) is 18.5. The molecule has 0 aromatic heterocycles. The molecule has 0 spiro atoms. The third-order valence-electron chi connectivity index (χ3n) is 18.5. The van der Waals surface area contributed by atoms with E-state index in [0.29, 0.717) is 36.8 Å². The van der Waals surface area contributed by atoms with Gasteiger partial charge in [-0.2, -0.15) is 0 Å². The van der Waals surface area contributed by atoms with Crippen molar-refractivity contribution in [2.24, 2.45) is 67.8 Å². The first-order chi connectivity index (χ1) is 30.6. The van der Waals surface area contributed by atoms with E-state index in [1.807, 2.05) is 0 Å². The number of fused-ring (bicyclic) bond motifs is 7. The van der Waals surface area contributed by atoms with Crippen molar-refractivity contribution in [1.82, 2.24) is 16.0 Å². The number of esters is 1. The Balaban J connectivity index is 1.16. The number of carbonyl (C=O) groups is 6. The minimum atomic E-state index is -1.17. The van der Waals surface area contributed by atoms with Crippen LogP contribution in [0, 0.1) is 62.1 Å². The zero-order chi connectivity index (χ0) is 49.3. The van der Waals surface area contributed by atoms with Crippen LogP contribution >= 0.6 is 0 Å². The van der Waals surface area contributed by atoms with Crippen LogP contribution in [-0.2, 0) is 33.4 Å². The molecule has 6 N–H and O–H groups in total. The number of nitrogens with two attached hydrogens (primary N) is 1. The molecule has 0 heterocycles. The Morgan fingerprint density at radius 1 is 0.773 bits per heavy atom. The van der Waals surface area contributed by atoms with E-state index >= 15 is 0 Å². The van der Waals surface area contributed by atoms with Crippen LogP contribution in [0.5, 0.6) is 0 Å². The van der Waals surface area contributed by atoms with Crippen molar-refractivity contribution in [3.8, 4) is 0 Å². The second-order valence-corrected chi connectivity index (χ2v) is 24.6. The molecule has 4 amide bonds. The molecule has 0 aromatic rings. The van der Waals surface area contributed by atoms with Crippen LogP contribution in [0.2, 0.25) is 0 Å². The Morgan fingerprint density at radius 3 is 2.02 bits per heavy atom. The molecule has 5 rings (SSSR count). The Kier molecular flexibility index (Phi) is 16.3. The summed E-state index contributed by atoms with van der Waals surface area (Å²) in [5.74, 6) is -0.196. The second kappa shape index (κ2) is 20.1. The number of carbonyl (C=O) groups excluding carboxylic acids is 5. The fourth-order valence-electron chi connectivity index (χ4n) is 14.9. The number of carboxylic acid groups (broad SMARTS) is 1. The van der Waals surface area contributed by atoms with E-state index in [1.54, 1.807) is 34.6 Å². The van der Waals surface area contributed by atoms with Gasteiger partial charge in [-0.1, -0.05) is 66.0 Å². The normalized spacial score (nSPS) is 33.9. The van der Waals surface area contributed by atoms with Crippen LogP contribution in [0.3, 0.4) is 0 Å². The molecule has 5 fully saturated rings. The van der Waals surface area contributed by atoms with Crippen molar-refractivity contribution in [2.75, 3.05) is 13.1 Å². The molecule has 13 nitrogen and oxygen atoms in total. The molecular formula is C53H88N4O9. The van der Waals surface area contributed by atoms with Crippen molar-refractivity contribution >= 4 is 35.8 Å². The van der Waals surface area contributed by atoms with Crippen molar-refractivity contribution in [3.05, 3.63) is 12.2 Å². The zero-order valence-electron chi connectivity index (χ0n) is 42.7. The molecule has 5 aliphatic rings. The lowest BCUT2D eigenvalue weighted by atomic mass is 9.32. The van der Waals surface area contributed by atoms with Crippen LogP contribution in [0.1, 0.15) is 192 Å². The van der Waals surface area contributed by atoms with Gasteiger partial charge in [-0.25, -0.2) is 4.79 Å². The van der Waals surface area contributed by atoms with Gasteiger partial charge in [-0.15, -0.1) is 0 Å². The van der Waals surface area contributed by atoms with Gasteiger partial charge in [0.2, 0.25) is 17.7 Å². The van der Waals surface area contributed by atoms with Gasteiger partial charge >= 0.3 is 18.0 Å². The minimum absolute atomic E-state index is 0.0377. The van der Waals surface area contributed by atoms with E-state index in [4.69, 9.17) is 15.2 Å². The fourth-order valence-corrected chi connectivity index (χ4v) is 14.9. The third-order valence-corrected chi connectivity index (χ3v) is 18.5. The summed E-state index contributed by atoms with van der Waals surface area (Å²) >= 11 is 0. The number of aliphatic carboxylic acids is 1. The Labute approximate surface area is 396 Å². The summed E-state index contributed by atoms with van der Waals surface area (Å²) < 4.78 is 11.5. The number of primary amides is 1. The van der Waals surface area contributed by atoms with Crippen LogP contribution in [0.25, 0.3) is 0 Å². The highest BCUT2D eigenvalue weighted by atomic mass is 16.6. The average Bonchev–Trinajstić information content (AvgIpc) is 3.60. The number of alkyl carbamates (subject to hydrolysis) is 1. The minimum Gasteiger partial charge on any atom is -0.481 e. The first kappa shape index (κ1) is 53.3. The van der Waals surface area contributed by atoms with Gasteiger partial charge in [0.05, 0.1) is 17.3 Å². The van der Waals surface area contributed by atoms with E-state index in [2.05, 4.69) is 64.1 Å². The van der Waals surface area contributed by atoms with Crippen LogP contribution in [-0.4, -0.2) is 71.7 Å². The molecule has 5 aliphatic carbocycles. The quantitative estimate of drug-likeness (QED) is 0.0475. The molecule has 11 atom stereocenters. The van der Waals surface area contributed by atoms with Gasteiger partial charge in [0, 0.05) is 24.9 Å². The number of rotatable bonds is 19. The molecule has 13 heteroatoms. The lowest BCUT2D eigenvalue weighted by Crippen LogP contribution is -2.67. The van der Waals surface area contributed by atoms with E-state index in [0.717, 1.165) is 96.3 Å². The molecule has 0 aromatic carbocycles. The van der Waals surface area contributed by atoms with E-state index in [-0.39, 0.29) is 70.2 Å². The van der Waals surface area contributed by atoms with Crippen molar-refractivity contribution in [2.45, 2.75) is 209 Å². The lowest BCUT2D eigenvalue weighted by Gasteiger charge is -2.72. The van der Waals surface area contributed by atoms with E-state index in [9.17, 15) is 33.9 Å². The molecule has 66 heavy (non-hydrogen) atoms. The molecule has 0 aliphatic heterocycles. The topological polar surface area (TPSA) is 203 Å². The molecule has 5 saturated carbocycles. The largest absolute Gasteiger partial charge is 0.481 e. The molecular weight excluding hydrogens is 837 g/mol. The Hall–Kier alpha value is -3.64. The van der Waals surface area contributed by atoms with Gasteiger partial charge < -0.3 is 36.3 Å². The number of amides is 4. The molecule has 0 bridgehead atoms. The third kappa shape index (κ3) is 10.8. The van der Waals surface area contributed by atoms with Crippen LogP contribution in [0.4, 0.5) is 4.79 Å². The highest BCUT2D eigenvalue weighted by Gasteiger charge is 2.72. The fraction of sp³-hybridized carbons (Fsp3) is 0.849. The summed E-state index contributed by atoms with van der Waals surface area (Å²) in [4.78, 5) is 76.2. The number of hydrogen-bond donors (Lipinski definition) is 5. The number of carboxylic acids is 1. The Morgan fingerprint density at radius 2 is 1.41 bits per heavy atom. The average molecular weight is 925 g/mol. The number of allylic oxidation sites excluding steroid dienone is 1. The summed E-state index contributed by atoms with van der Waals surface area (Å²) in [6.07, 6.45) is 13.5. The highest BCUT2D eigenvalue weighted by Crippen LogP contribution is 2.77. The SMILES string of the molecule is C=C(C)[C@@H]1CC[C@]2(C(=O)NCCCCCCCNC(=O)[C@H](CCC(N)=O)NC(=O)OC(C)(C)C)CC[C@]3(C)[C@H](CC[C@@H]4[C@@]5(C)CC[C@H](OC(=O)CC(C)(C)C(=O)O)C(C)(C)[C@@H]5CC[C@]43C)[C@@H]12. The van der Waals surface area contributed by atoms with Gasteiger partial charge in [0.25, 0.3) is 0 Å². The van der Waals surface area contributed by atoms with E-state index in [1.165, 1.54) is 5.57 Å². The maximum absolute atomic E-state index is 14.6. The number of ether oxygens (including phenoxy) is 2. The summed E-state index contributed by atoms with van der Waals surface area (Å²) in [7, 11) is 0. The maximum Gasteiger partial charge on any atom is 0.408 e. The first-order valence-electron chi connectivity index (χ1n) is 25.5. The van der Waals surface area contributed by atoms with Crippen molar-refractivity contribution in [1.29, 1.82) is 0 Å². The maximum atomic E-state index is 14.6. The van der Waals surface area contributed by atoms with Gasteiger partial charge in [0.1, 0.15) is 17.7 Å². The van der Waals surface area contributed by atoms with Gasteiger partial charge in [-0.05, 0) is 171 Å². The number of nitrogens with one attached hydrogen (secondary N) is 3.